The van der Waals surface area contributed by atoms with Crippen LogP contribution in [0.15, 0.2) is 0 Å². The van der Waals surface area contributed by atoms with Crippen molar-refractivity contribution in [2.75, 3.05) is 6.54 Å². The van der Waals surface area contributed by atoms with Gasteiger partial charge in [-0.1, -0.05) is 13.8 Å². The molecule has 1 heterocycles. The highest BCUT2D eigenvalue weighted by Gasteiger charge is 2.44. The van der Waals surface area contributed by atoms with Crippen LogP contribution in [0.25, 0.3) is 0 Å². The smallest absolute Gasteiger partial charge is 0.100 e. The summed E-state index contributed by atoms with van der Waals surface area (Å²) in [4.78, 5) is 0. The predicted octanol–water partition coefficient (Wildman–Crippen LogP) is 1.79. The van der Waals surface area contributed by atoms with Crippen LogP contribution in [0.4, 0.5) is 0 Å². The molecule has 1 saturated heterocycles. The first kappa shape index (κ1) is 10.2. The van der Waals surface area contributed by atoms with Crippen molar-refractivity contribution in [3.05, 3.63) is 0 Å². The van der Waals surface area contributed by atoms with Gasteiger partial charge in [0.05, 0.1) is 4.75 Å². The quantitative estimate of drug-likeness (QED) is 0.606. The van der Waals surface area contributed by atoms with Crippen molar-refractivity contribution in [1.29, 1.82) is 0 Å². The lowest BCUT2D eigenvalue weighted by Crippen LogP contribution is -2.28. The molecular formula is C9H19NOS. The van der Waals surface area contributed by atoms with Gasteiger partial charge in [0.15, 0.2) is 0 Å². The third-order valence-corrected chi connectivity index (χ3v) is 4.00. The van der Waals surface area contributed by atoms with E-state index in [4.69, 9.17) is 0 Å². The Kier molecular flexibility index (Phi) is 2.64. The van der Waals surface area contributed by atoms with Crippen molar-refractivity contribution in [3.8, 4) is 0 Å². The van der Waals surface area contributed by atoms with Gasteiger partial charge in [0.25, 0.3) is 0 Å². The molecule has 0 aromatic rings. The zero-order valence-electron chi connectivity index (χ0n) is 8.63. The monoisotopic (exact) mass is 189 g/mol. The fraction of sp³-hybridized carbons (Fsp3) is 1.00. The van der Waals surface area contributed by atoms with Crippen LogP contribution in [0.3, 0.4) is 0 Å². The molecule has 0 amide bonds. The third-order valence-electron chi connectivity index (χ3n) is 2.11. The summed E-state index contributed by atoms with van der Waals surface area (Å²) < 4.78 is 13.8. The van der Waals surface area contributed by atoms with Gasteiger partial charge in [0.1, 0.15) is 11.0 Å². The second-order valence-corrected chi connectivity index (χ2v) is 6.96. The van der Waals surface area contributed by atoms with Gasteiger partial charge >= 0.3 is 0 Å². The molecule has 0 spiro atoms. The Bertz CT molecular complexity index is 195. The normalized spacial score (nSPS) is 32.2. The molecule has 0 N–H and O–H groups in total. The van der Waals surface area contributed by atoms with Crippen molar-refractivity contribution in [2.45, 2.75) is 45.4 Å². The topological polar surface area (TPSA) is 20.1 Å². The van der Waals surface area contributed by atoms with Gasteiger partial charge in [-0.25, -0.2) is 8.51 Å². The molecule has 0 bridgehead atoms. The van der Waals surface area contributed by atoms with Crippen molar-refractivity contribution < 1.29 is 4.21 Å². The van der Waals surface area contributed by atoms with Gasteiger partial charge in [-0.15, -0.1) is 0 Å². The van der Waals surface area contributed by atoms with Gasteiger partial charge in [-0.05, 0) is 26.7 Å². The van der Waals surface area contributed by atoms with Crippen LogP contribution < -0.4 is 0 Å². The molecule has 0 aromatic heterocycles. The van der Waals surface area contributed by atoms with Crippen molar-refractivity contribution in [3.63, 3.8) is 0 Å². The summed E-state index contributed by atoms with van der Waals surface area (Å²) in [6.07, 6.45) is 0. The number of nitrogens with zero attached hydrogens (tertiary/aromatic N) is 1. The highest BCUT2D eigenvalue weighted by molar-refractivity contribution is 7.84. The van der Waals surface area contributed by atoms with Crippen LogP contribution in [0.2, 0.25) is 0 Å². The molecule has 3 atom stereocenters. The summed E-state index contributed by atoms with van der Waals surface area (Å²) in [6, 6.07) is 0.560. The molecule has 1 aliphatic rings. The van der Waals surface area contributed by atoms with Crippen LogP contribution in [0, 0.1) is 5.92 Å². The summed E-state index contributed by atoms with van der Waals surface area (Å²) in [7, 11) is -0.795. The molecule has 1 rings (SSSR count). The largest absolute Gasteiger partial charge is 0.242 e. The second kappa shape index (κ2) is 3.11. The van der Waals surface area contributed by atoms with Crippen LogP contribution >= 0.6 is 0 Å². The Morgan fingerprint density at radius 1 is 1.42 bits per heavy atom. The minimum absolute atomic E-state index is 0.0936. The van der Waals surface area contributed by atoms with Gasteiger partial charge in [0.2, 0.25) is 0 Å². The molecule has 0 saturated carbocycles. The molecule has 1 fully saturated rings. The van der Waals surface area contributed by atoms with Crippen LogP contribution in [-0.4, -0.2) is 25.8 Å². The summed E-state index contributed by atoms with van der Waals surface area (Å²) in [6.45, 7) is 11.5. The molecule has 3 unspecified atom stereocenters. The summed E-state index contributed by atoms with van der Waals surface area (Å²) >= 11 is 0. The molecule has 72 valence electrons. The van der Waals surface area contributed by atoms with Crippen molar-refractivity contribution >= 4 is 11.0 Å². The van der Waals surface area contributed by atoms with Gasteiger partial charge in [-0.2, -0.15) is 0 Å². The second-order valence-electron chi connectivity index (χ2n) is 4.77. The number of rotatable bonds is 2. The van der Waals surface area contributed by atoms with Crippen LogP contribution in [0.5, 0.6) is 0 Å². The van der Waals surface area contributed by atoms with E-state index in [1.807, 2.05) is 20.8 Å². The Hall–Kier alpha value is 0.110. The molecule has 12 heavy (non-hydrogen) atoms. The maximum absolute atomic E-state index is 11.8. The van der Waals surface area contributed by atoms with E-state index in [9.17, 15) is 4.21 Å². The van der Waals surface area contributed by atoms with E-state index in [1.165, 1.54) is 0 Å². The predicted molar refractivity (Wildman–Crippen MR) is 53.2 cm³/mol. The Morgan fingerprint density at radius 3 is 2.17 bits per heavy atom. The minimum atomic E-state index is -0.795. The summed E-state index contributed by atoms with van der Waals surface area (Å²) in [5.74, 6) is 0.635. The van der Waals surface area contributed by atoms with E-state index in [0.717, 1.165) is 6.54 Å². The Morgan fingerprint density at radius 2 is 1.92 bits per heavy atom. The van der Waals surface area contributed by atoms with E-state index in [0.29, 0.717) is 12.0 Å². The number of hydrogen-bond acceptors (Lipinski definition) is 1. The molecule has 2 nitrogen and oxygen atoms in total. The highest BCUT2D eigenvalue weighted by Crippen LogP contribution is 2.31. The third kappa shape index (κ3) is 2.07. The van der Waals surface area contributed by atoms with E-state index in [2.05, 4.69) is 18.2 Å². The average molecular weight is 189 g/mol. The van der Waals surface area contributed by atoms with E-state index in [1.54, 1.807) is 0 Å². The molecule has 0 aliphatic carbocycles. The summed E-state index contributed by atoms with van der Waals surface area (Å²) in [5.41, 5.74) is 0. The SMILES string of the molecule is CC(C)C1CN1S(=O)C(C)(C)C. The first-order valence-electron chi connectivity index (χ1n) is 4.52. The highest BCUT2D eigenvalue weighted by atomic mass is 32.2. The van der Waals surface area contributed by atoms with E-state index < -0.39 is 11.0 Å². The Labute approximate surface area is 77.9 Å². The Balaban J connectivity index is 2.49. The maximum Gasteiger partial charge on any atom is 0.100 e. The maximum atomic E-state index is 11.8. The zero-order chi connectivity index (χ0) is 9.52. The zero-order valence-corrected chi connectivity index (χ0v) is 9.44. The lowest BCUT2D eigenvalue weighted by Gasteiger charge is -2.18. The van der Waals surface area contributed by atoms with Gasteiger partial charge in [0, 0.05) is 12.6 Å². The molecule has 3 heteroatoms. The van der Waals surface area contributed by atoms with Crippen LogP contribution in [0.1, 0.15) is 34.6 Å². The van der Waals surface area contributed by atoms with Gasteiger partial charge in [-0.3, -0.25) is 0 Å². The first-order valence-corrected chi connectivity index (χ1v) is 5.63. The van der Waals surface area contributed by atoms with Crippen molar-refractivity contribution in [2.24, 2.45) is 5.92 Å². The van der Waals surface area contributed by atoms with E-state index >= 15 is 0 Å². The van der Waals surface area contributed by atoms with Crippen LogP contribution in [-0.2, 0) is 11.0 Å². The van der Waals surface area contributed by atoms with E-state index in [-0.39, 0.29) is 4.75 Å². The lowest BCUT2D eigenvalue weighted by molar-refractivity contribution is 0.547. The average Bonchev–Trinajstić information content (AvgIpc) is 2.61. The molecule has 1 aliphatic heterocycles. The summed E-state index contributed by atoms with van der Waals surface area (Å²) in [5, 5.41) is 0. The molecule has 0 radical (unpaired) electrons. The van der Waals surface area contributed by atoms with Crippen molar-refractivity contribution in [1.82, 2.24) is 4.31 Å². The molecule has 0 aromatic carbocycles. The molecular weight excluding hydrogens is 170 g/mol. The number of hydrogen-bond donors (Lipinski definition) is 0. The van der Waals surface area contributed by atoms with Gasteiger partial charge < -0.3 is 0 Å². The first-order chi connectivity index (χ1) is 5.34. The minimum Gasteiger partial charge on any atom is -0.242 e. The standard InChI is InChI=1S/C9H19NOS/c1-7(2)8-6-10(8)12(11)9(3,4)5/h7-8H,6H2,1-5H3. The fourth-order valence-electron chi connectivity index (χ4n) is 1.22. The fourth-order valence-corrected chi connectivity index (χ4v) is 2.70. The lowest BCUT2D eigenvalue weighted by atomic mass is 10.1.